The summed E-state index contributed by atoms with van der Waals surface area (Å²) < 4.78 is 0. The van der Waals surface area contributed by atoms with Gasteiger partial charge in [-0.3, -0.25) is 19.3 Å². The molecule has 0 bridgehead atoms. The molecule has 28 heavy (non-hydrogen) atoms. The summed E-state index contributed by atoms with van der Waals surface area (Å²) in [7, 11) is 0. The lowest BCUT2D eigenvalue weighted by molar-refractivity contribution is -0.143. The number of fused-ring (bicyclic) bond motifs is 1. The van der Waals surface area contributed by atoms with Crippen LogP contribution in [-0.4, -0.2) is 53.2 Å². The second-order valence-electron chi connectivity index (χ2n) is 6.74. The van der Waals surface area contributed by atoms with Gasteiger partial charge in [0.05, 0.1) is 0 Å². The molecule has 0 atom stereocenters. The fourth-order valence-electron chi connectivity index (χ4n) is 3.58. The monoisotopic (exact) mass is 397 g/mol. The smallest absolute Gasteiger partial charge is 0.311 e. The van der Waals surface area contributed by atoms with Crippen molar-refractivity contribution in [2.75, 3.05) is 24.5 Å². The minimum absolute atomic E-state index is 0.126. The van der Waals surface area contributed by atoms with E-state index in [4.69, 9.17) is 0 Å². The highest BCUT2D eigenvalue weighted by molar-refractivity contribution is 7.09. The van der Waals surface area contributed by atoms with Crippen LogP contribution in [-0.2, 0) is 27.2 Å². The van der Waals surface area contributed by atoms with Crippen LogP contribution < -0.4 is 4.90 Å². The molecule has 5 amide bonds. The molecule has 0 spiro atoms. The molecule has 0 N–H and O–H groups in total. The van der Waals surface area contributed by atoms with Gasteiger partial charge in [0.1, 0.15) is 6.54 Å². The molecule has 2 aromatic rings. The van der Waals surface area contributed by atoms with Gasteiger partial charge in [-0.2, -0.15) is 0 Å². The largest absolute Gasteiger partial charge is 0.334 e. The van der Waals surface area contributed by atoms with Crippen LogP contribution in [0.5, 0.6) is 0 Å². The van der Waals surface area contributed by atoms with E-state index in [2.05, 4.69) is 0 Å². The van der Waals surface area contributed by atoms with Gasteiger partial charge in [-0.15, -0.1) is 11.3 Å². The first-order valence-corrected chi connectivity index (χ1v) is 10.0. The number of anilines is 1. The lowest BCUT2D eigenvalue weighted by Crippen LogP contribution is -2.45. The summed E-state index contributed by atoms with van der Waals surface area (Å²) in [5.41, 5.74) is 1.87. The van der Waals surface area contributed by atoms with Crippen molar-refractivity contribution in [1.29, 1.82) is 0 Å². The summed E-state index contributed by atoms with van der Waals surface area (Å²) in [6, 6.07) is 10.7. The van der Waals surface area contributed by atoms with Gasteiger partial charge in [0.15, 0.2) is 0 Å². The number of urea groups is 1. The average molecular weight is 397 g/mol. The number of benzene rings is 1. The predicted molar refractivity (Wildman–Crippen MR) is 104 cm³/mol. The average Bonchev–Trinajstić information content (AvgIpc) is 3.30. The molecule has 0 unspecified atom stereocenters. The fraction of sp³-hybridized carbons (Fsp3) is 0.300. The number of carbonyl (C=O) groups is 4. The quantitative estimate of drug-likeness (QED) is 0.572. The number of hydrogen-bond donors (Lipinski definition) is 0. The Kier molecular flexibility index (Phi) is 4.95. The molecule has 1 aromatic carbocycles. The van der Waals surface area contributed by atoms with Crippen LogP contribution in [0.1, 0.15) is 16.9 Å². The standard InChI is InChI=1S/C20H19N3O4S/c24-17(21-10-3-6-14-5-1-2-8-16(14)21)13-23-19(26)18(25)22(20(23)27)11-9-15-7-4-12-28-15/h1-2,4-5,7-8,12H,3,6,9-11,13H2. The van der Waals surface area contributed by atoms with Crippen LogP contribution in [0, 0.1) is 0 Å². The van der Waals surface area contributed by atoms with Gasteiger partial charge >= 0.3 is 17.8 Å². The van der Waals surface area contributed by atoms with Crippen LogP contribution >= 0.6 is 11.3 Å². The molecule has 1 fully saturated rings. The number of carbonyl (C=O) groups excluding carboxylic acids is 4. The first-order chi connectivity index (χ1) is 13.6. The summed E-state index contributed by atoms with van der Waals surface area (Å²) in [6.45, 7) is 0.233. The molecular weight excluding hydrogens is 378 g/mol. The van der Waals surface area contributed by atoms with Crippen LogP contribution in [0.25, 0.3) is 0 Å². The number of aryl methyl sites for hydroxylation is 1. The molecule has 0 radical (unpaired) electrons. The Balaban J connectivity index is 1.46. The number of nitrogens with zero attached hydrogens (tertiary/aromatic N) is 3. The zero-order valence-corrected chi connectivity index (χ0v) is 16.0. The molecular formula is C20H19N3O4S. The Labute approximate surface area is 166 Å². The van der Waals surface area contributed by atoms with Crippen molar-refractivity contribution < 1.29 is 19.2 Å². The van der Waals surface area contributed by atoms with Crippen molar-refractivity contribution in [3.8, 4) is 0 Å². The molecule has 4 rings (SSSR count). The van der Waals surface area contributed by atoms with Gasteiger partial charge in [-0.05, 0) is 35.9 Å². The summed E-state index contributed by atoms with van der Waals surface area (Å²) in [4.78, 5) is 54.2. The number of rotatable bonds is 5. The normalized spacial score (nSPS) is 16.7. The number of amides is 5. The van der Waals surface area contributed by atoms with E-state index >= 15 is 0 Å². The Morgan fingerprint density at radius 2 is 1.79 bits per heavy atom. The maximum absolute atomic E-state index is 12.8. The topological polar surface area (TPSA) is 78.0 Å². The van der Waals surface area contributed by atoms with E-state index < -0.39 is 24.4 Å². The fourth-order valence-corrected chi connectivity index (χ4v) is 4.28. The van der Waals surface area contributed by atoms with Crippen molar-refractivity contribution in [3.63, 3.8) is 0 Å². The van der Waals surface area contributed by atoms with E-state index in [1.54, 1.807) is 4.90 Å². The third-order valence-electron chi connectivity index (χ3n) is 5.00. The van der Waals surface area contributed by atoms with Crippen molar-refractivity contribution >= 4 is 40.8 Å². The zero-order valence-electron chi connectivity index (χ0n) is 15.2. The van der Waals surface area contributed by atoms with Crippen LogP contribution in [0.2, 0.25) is 0 Å². The van der Waals surface area contributed by atoms with E-state index in [1.165, 1.54) is 11.3 Å². The lowest BCUT2D eigenvalue weighted by atomic mass is 10.0. The molecule has 8 heteroatoms. The van der Waals surface area contributed by atoms with Crippen LogP contribution in [0.4, 0.5) is 10.5 Å². The summed E-state index contributed by atoms with van der Waals surface area (Å²) in [6.07, 6.45) is 2.19. The van der Waals surface area contributed by atoms with Crippen LogP contribution in [0.15, 0.2) is 41.8 Å². The molecule has 1 saturated heterocycles. The van der Waals surface area contributed by atoms with Gasteiger partial charge < -0.3 is 4.90 Å². The van der Waals surface area contributed by atoms with Gasteiger partial charge in [-0.1, -0.05) is 24.3 Å². The van der Waals surface area contributed by atoms with E-state index in [-0.39, 0.29) is 12.5 Å². The van der Waals surface area contributed by atoms with Crippen LogP contribution in [0.3, 0.4) is 0 Å². The highest BCUT2D eigenvalue weighted by Gasteiger charge is 2.45. The Bertz CT molecular complexity index is 941. The Morgan fingerprint density at radius 3 is 2.57 bits per heavy atom. The number of hydrogen-bond acceptors (Lipinski definition) is 5. The SMILES string of the molecule is O=C1C(=O)N(CC(=O)N2CCCc3ccccc32)C(=O)N1CCc1cccs1. The van der Waals surface area contributed by atoms with Gasteiger partial charge in [0.25, 0.3) is 0 Å². The predicted octanol–water partition coefficient (Wildman–Crippen LogP) is 2.06. The third-order valence-corrected chi connectivity index (χ3v) is 5.94. The first kappa shape index (κ1) is 18.4. The van der Waals surface area contributed by atoms with E-state index in [0.29, 0.717) is 13.0 Å². The highest BCUT2D eigenvalue weighted by Crippen LogP contribution is 2.27. The van der Waals surface area contributed by atoms with Gasteiger partial charge in [-0.25, -0.2) is 9.69 Å². The minimum Gasteiger partial charge on any atom is -0.311 e. The number of para-hydroxylation sites is 1. The Hall–Kier alpha value is -3.00. The zero-order chi connectivity index (χ0) is 19.7. The van der Waals surface area contributed by atoms with E-state index in [1.807, 2.05) is 41.8 Å². The summed E-state index contributed by atoms with van der Waals surface area (Å²) >= 11 is 1.52. The molecule has 0 saturated carbocycles. The second-order valence-corrected chi connectivity index (χ2v) is 7.77. The minimum atomic E-state index is -0.935. The van der Waals surface area contributed by atoms with E-state index in [0.717, 1.165) is 38.8 Å². The van der Waals surface area contributed by atoms with Gasteiger partial charge in [0.2, 0.25) is 5.91 Å². The molecule has 2 aliphatic rings. The van der Waals surface area contributed by atoms with Crippen molar-refractivity contribution in [3.05, 3.63) is 52.2 Å². The molecule has 0 aliphatic carbocycles. The Morgan fingerprint density at radius 1 is 1.00 bits per heavy atom. The van der Waals surface area contributed by atoms with Crippen molar-refractivity contribution in [1.82, 2.24) is 9.80 Å². The lowest BCUT2D eigenvalue weighted by Gasteiger charge is -2.30. The van der Waals surface area contributed by atoms with Crippen molar-refractivity contribution in [2.24, 2.45) is 0 Å². The maximum atomic E-state index is 12.8. The summed E-state index contributed by atoms with van der Waals surface area (Å²) in [5, 5.41) is 1.91. The third kappa shape index (κ3) is 3.31. The summed E-state index contributed by atoms with van der Waals surface area (Å²) in [5.74, 6) is -2.16. The first-order valence-electron chi connectivity index (χ1n) is 9.14. The number of thiophene rings is 1. The second kappa shape index (κ2) is 7.55. The molecule has 3 heterocycles. The van der Waals surface area contributed by atoms with Crippen molar-refractivity contribution in [2.45, 2.75) is 19.3 Å². The molecule has 144 valence electrons. The van der Waals surface area contributed by atoms with Gasteiger partial charge in [0, 0.05) is 30.1 Å². The maximum Gasteiger partial charge on any atom is 0.334 e. The molecule has 1 aromatic heterocycles. The number of imide groups is 2. The highest BCUT2D eigenvalue weighted by atomic mass is 32.1. The molecule has 7 nitrogen and oxygen atoms in total. The van der Waals surface area contributed by atoms with E-state index in [9.17, 15) is 19.2 Å². The molecule has 2 aliphatic heterocycles.